The predicted molar refractivity (Wildman–Crippen MR) is 71.2 cm³/mol. The number of rotatable bonds is 2. The van der Waals surface area contributed by atoms with Crippen LogP contribution in [0, 0.1) is 12.3 Å². The summed E-state index contributed by atoms with van der Waals surface area (Å²) in [4.78, 5) is 9.27. The Labute approximate surface area is 119 Å². The fourth-order valence-corrected chi connectivity index (χ4v) is 2.63. The van der Waals surface area contributed by atoms with Crippen molar-refractivity contribution in [2.24, 2.45) is 15.7 Å². The summed E-state index contributed by atoms with van der Waals surface area (Å²) >= 11 is 0. The van der Waals surface area contributed by atoms with E-state index in [1.807, 2.05) is 0 Å². The Hall–Kier alpha value is -2.15. The number of ether oxygens (including phenoxy) is 1. The van der Waals surface area contributed by atoms with Gasteiger partial charge in [-0.2, -0.15) is 9.38 Å². The van der Waals surface area contributed by atoms with Crippen molar-refractivity contribution >= 4 is 12.4 Å². The number of halogens is 1. The summed E-state index contributed by atoms with van der Waals surface area (Å²) in [5.74, 6) is 2.36. The lowest BCUT2D eigenvalue weighted by Crippen LogP contribution is -2.53. The van der Waals surface area contributed by atoms with Gasteiger partial charge in [0.2, 0.25) is 5.66 Å². The SMILES string of the molecule is C#CC12N=C(F)NC(N)=C1N=CN2[C@H]1C[C@H](O)[C@@H](CO)O1. The van der Waals surface area contributed by atoms with Crippen molar-refractivity contribution < 1.29 is 19.3 Å². The fourth-order valence-electron chi connectivity index (χ4n) is 2.63. The topological polar surface area (TPSA) is 116 Å². The maximum absolute atomic E-state index is 13.6. The summed E-state index contributed by atoms with van der Waals surface area (Å²) in [5.41, 5.74) is 4.34. The molecule has 21 heavy (non-hydrogen) atoms. The van der Waals surface area contributed by atoms with E-state index >= 15 is 0 Å². The quantitative estimate of drug-likeness (QED) is 0.352. The van der Waals surface area contributed by atoms with Gasteiger partial charge >= 0.3 is 0 Å². The molecule has 8 nitrogen and oxygen atoms in total. The lowest BCUT2D eigenvalue weighted by molar-refractivity contribution is -0.0672. The van der Waals surface area contributed by atoms with Crippen LogP contribution in [0.1, 0.15) is 6.42 Å². The zero-order valence-electron chi connectivity index (χ0n) is 10.9. The van der Waals surface area contributed by atoms with Gasteiger partial charge < -0.3 is 26.0 Å². The minimum Gasteiger partial charge on any atom is -0.394 e. The van der Waals surface area contributed by atoms with E-state index in [0.29, 0.717) is 0 Å². The average Bonchev–Trinajstić information content (AvgIpc) is 2.99. The number of aliphatic hydroxyl groups excluding tert-OH is 2. The highest BCUT2D eigenvalue weighted by Gasteiger charge is 2.52. The molecule has 3 heterocycles. The number of hydrogen-bond donors (Lipinski definition) is 4. The lowest BCUT2D eigenvalue weighted by Gasteiger charge is -2.36. The second-order valence-corrected chi connectivity index (χ2v) is 4.87. The van der Waals surface area contributed by atoms with Crippen molar-refractivity contribution in [3.63, 3.8) is 0 Å². The molecule has 3 aliphatic rings. The molecule has 0 amide bonds. The van der Waals surface area contributed by atoms with Crippen LogP contribution < -0.4 is 11.1 Å². The molecule has 0 saturated carbocycles. The van der Waals surface area contributed by atoms with Crippen LogP contribution in [-0.4, -0.2) is 58.2 Å². The van der Waals surface area contributed by atoms with E-state index < -0.39 is 30.2 Å². The van der Waals surface area contributed by atoms with Gasteiger partial charge in [0.05, 0.1) is 19.0 Å². The molecule has 0 spiro atoms. The van der Waals surface area contributed by atoms with Crippen LogP contribution in [0.2, 0.25) is 0 Å². The first kappa shape index (κ1) is 13.8. The van der Waals surface area contributed by atoms with Crippen molar-refractivity contribution in [2.45, 2.75) is 30.5 Å². The number of aliphatic imine (C=N–C) groups is 2. The molecule has 0 aromatic rings. The molecule has 3 aliphatic heterocycles. The van der Waals surface area contributed by atoms with Crippen molar-refractivity contribution in [3.8, 4) is 12.3 Å². The molecular weight excluding hydrogens is 281 g/mol. The van der Waals surface area contributed by atoms with Gasteiger partial charge in [0.25, 0.3) is 6.09 Å². The standard InChI is InChI=1S/C12H14FN5O3/c1-2-12-9(10(14)16-11(13)17-12)15-5-18(12)8-3-6(20)7(4-19)21-8/h1,5-8,19-20H,3-4,14H2,(H,16,17)/t6-,7+,8+,12?/m0/s1. The van der Waals surface area contributed by atoms with E-state index in [1.165, 1.54) is 11.2 Å². The summed E-state index contributed by atoms with van der Waals surface area (Å²) in [6.07, 6.45) is 3.84. The molecule has 0 radical (unpaired) electrons. The van der Waals surface area contributed by atoms with Gasteiger partial charge in [-0.05, 0) is 5.92 Å². The van der Waals surface area contributed by atoms with Crippen LogP contribution in [0.15, 0.2) is 21.5 Å². The van der Waals surface area contributed by atoms with E-state index in [9.17, 15) is 9.50 Å². The zero-order valence-corrected chi connectivity index (χ0v) is 10.9. The zero-order chi connectivity index (χ0) is 15.2. The number of amidine groups is 1. The van der Waals surface area contributed by atoms with Crippen molar-refractivity contribution in [1.82, 2.24) is 10.2 Å². The smallest absolute Gasteiger partial charge is 0.286 e. The minimum atomic E-state index is -1.55. The first-order valence-corrected chi connectivity index (χ1v) is 6.29. The molecule has 0 aromatic heterocycles. The number of hydrogen-bond acceptors (Lipinski definition) is 8. The van der Waals surface area contributed by atoms with Crippen molar-refractivity contribution in [2.75, 3.05) is 6.61 Å². The number of nitrogens with two attached hydrogens (primary N) is 1. The van der Waals surface area contributed by atoms with Gasteiger partial charge in [0.15, 0.2) is 0 Å². The van der Waals surface area contributed by atoms with Gasteiger partial charge in [-0.3, -0.25) is 4.90 Å². The largest absolute Gasteiger partial charge is 0.394 e. The average molecular weight is 295 g/mol. The second kappa shape index (κ2) is 4.70. The van der Waals surface area contributed by atoms with Gasteiger partial charge in [0.1, 0.15) is 23.8 Å². The third-order valence-electron chi connectivity index (χ3n) is 3.66. The van der Waals surface area contributed by atoms with E-state index in [4.69, 9.17) is 22.0 Å². The van der Waals surface area contributed by atoms with Crippen molar-refractivity contribution in [3.05, 3.63) is 11.5 Å². The number of nitrogens with one attached hydrogen (secondary N) is 1. The van der Waals surface area contributed by atoms with Crippen LogP contribution in [0.4, 0.5) is 4.39 Å². The van der Waals surface area contributed by atoms with E-state index in [1.54, 1.807) is 0 Å². The van der Waals surface area contributed by atoms with Gasteiger partial charge in [-0.25, -0.2) is 4.99 Å². The number of terminal acetylenes is 1. The molecule has 1 saturated heterocycles. The summed E-state index contributed by atoms with van der Waals surface area (Å²) in [5, 5.41) is 21.2. The second-order valence-electron chi connectivity index (χ2n) is 4.87. The Morgan fingerprint density at radius 2 is 2.48 bits per heavy atom. The molecule has 1 unspecified atom stereocenters. The number of aliphatic hydroxyl groups is 2. The van der Waals surface area contributed by atoms with Crippen LogP contribution in [0.3, 0.4) is 0 Å². The van der Waals surface area contributed by atoms with Gasteiger partial charge in [-0.1, -0.05) is 0 Å². The first-order valence-electron chi connectivity index (χ1n) is 6.29. The van der Waals surface area contributed by atoms with Gasteiger partial charge in [0, 0.05) is 6.42 Å². The van der Waals surface area contributed by atoms with Crippen LogP contribution in [0.25, 0.3) is 0 Å². The molecular formula is C12H14FN5O3. The maximum Gasteiger partial charge on any atom is 0.286 e. The minimum absolute atomic E-state index is 0.0311. The monoisotopic (exact) mass is 295 g/mol. The maximum atomic E-state index is 13.6. The number of fused-ring (bicyclic) bond motifs is 1. The summed E-state index contributed by atoms with van der Waals surface area (Å²) in [6.45, 7) is -0.338. The van der Waals surface area contributed by atoms with Crippen LogP contribution >= 0.6 is 0 Å². The molecule has 0 bridgehead atoms. The molecule has 4 atom stereocenters. The Balaban J connectivity index is 1.96. The third kappa shape index (κ3) is 1.88. The molecule has 1 fully saturated rings. The van der Waals surface area contributed by atoms with E-state index in [2.05, 4.69) is 21.2 Å². The summed E-state index contributed by atoms with van der Waals surface area (Å²) in [7, 11) is 0. The highest BCUT2D eigenvalue weighted by molar-refractivity contribution is 5.81. The molecule has 112 valence electrons. The Kier molecular flexibility index (Phi) is 3.09. The van der Waals surface area contributed by atoms with E-state index in [0.717, 1.165) is 0 Å². The molecule has 9 heteroatoms. The summed E-state index contributed by atoms with van der Waals surface area (Å²) in [6, 6.07) is 0. The van der Waals surface area contributed by atoms with Crippen molar-refractivity contribution in [1.29, 1.82) is 0 Å². The van der Waals surface area contributed by atoms with E-state index in [-0.39, 0.29) is 24.5 Å². The molecule has 0 aliphatic carbocycles. The number of nitrogens with zero attached hydrogens (tertiary/aromatic N) is 3. The Morgan fingerprint density at radius 1 is 1.71 bits per heavy atom. The predicted octanol–water partition coefficient (Wildman–Crippen LogP) is -1.82. The molecule has 3 rings (SSSR count). The Morgan fingerprint density at radius 3 is 3.10 bits per heavy atom. The molecule has 5 N–H and O–H groups in total. The normalized spacial score (nSPS) is 38.1. The Bertz CT molecular complexity index is 598. The highest BCUT2D eigenvalue weighted by Crippen LogP contribution is 2.38. The van der Waals surface area contributed by atoms with Gasteiger partial charge in [-0.15, -0.1) is 6.42 Å². The summed E-state index contributed by atoms with van der Waals surface area (Å²) < 4.78 is 19.1. The fraction of sp³-hybridized carbons (Fsp3) is 0.500. The van der Waals surface area contributed by atoms with Crippen LogP contribution in [0.5, 0.6) is 0 Å². The first-order chi connectivity index (χ1) is 10.0. The third-order valence-corrected chi connectivity index (χ3v) is 3.66. The lowest BCUT2D eigenvalue weighted by atomic mass is 10.0. The molecule has 0 aromatic carbocycles. The highest BCUT2D eigenvalue weighted by atomic mass is 19.1. The van der Waals surface area contributed by atoms with Crippen LogP contribution in [-0.2, 0) is 4.74 Å².